The number of ether oxygens (including phenoxy) is 6. The number of rotatable bonds is 5. The number of aromatic nitrogens is 2. The number of methoxy groups -OCH3 is 2. The average Bonchev–Trinajstić information content (AvgIpc) is 3.98. The molecule has 0 radical (unpaired) electrons. The topological polar surface area (TPSA) is 153 Å². The summed E-state index contributed by atoms with van der Waals surface area (Å²) >= 11 is 5.94. The Morgan fingerprint density at radius 2 is 1.29 bits per heavy atom. The number of hydrogen-bond acceptors (Lipinski definition) is 10. The van der Waals surface area contributed by atoms with Crippen LogP contribution in [0.15, 0.2) is 84.9 Å². The van der Waals surface area contributed by atoms with E-state index in [1.54, 1.807) is 30.3 Å². The van der Waals surface area contributed by atoms with Gasteiger partial charge in [-0.2, -0.15) is 0 Å². The molecule has 4 aliphatic heterocycles. The lowest BCUT2D eigenvalue weighted by Crippen LogP contribution is -2.52. The number of benzene rings is 4. The van der Waals surface area contributed by atoms with Gasteiger partial charge in [-0.05, 0) is 58.7 Å². The quantitative estimate of drug-likeness (QED) is 0.144. The molecule has 0 fully saturated rings. The van der Waals surface area contributed by atoms with Gasteiger partial charge in [0.25, 0.3) is 0 Å². The SMILES string of the molecule is [2H]C1([2H])Oc2ccc(C3N[C@@H](C(=O)OC)Cc4c3[nH]c3ccccc43)cc2O1.[2H]C1([2H])Oc2ccc([C@@H]3c4[nH]c5ccccc5c4C[C@H](C(=O)OC)N3C(=O)CCl)cc2O1. The molecule has 3 N–H and O–H groups in total. The van der Waals surface area contributed by atoms with Crippen LogP contribution in [0.2, 0.25) is 0 Å². The third-order valence-electron chi connectivity index (χ3n) is 10.6. The molecule has 4 atom stereocenters. The van der Waals surface area contributed by atoms with Crippen LogP contribution in [-0.4, -0.2) is 78.4 Å². The van der Waals surface area contributed by atoms with Gasteiger partial charge >= 0.3 is 11.9 Å². The number of para-hydroxylation sites is 2. The molecule has 0 saturated carbocycles. The molecule has 14 heteroatoms. The Kier molecular flexibility index (Phi) is 8.03. The second kappa shape index (κ2) is 14.5. The Labute approximate surface area is 331 Å². The van der Waals surface area contributed by atoms with E-state index in [0.717, 1.165) is 49.9 Å². The molecule has 1 unspecified atom stereocenters. The number of esters is 2. The first kappa shape index (κ1) is 31.1. The van der Waals surface area contributed by atoms with Crippen LogP contribution in [0.3, 0.4) is 0 Å². The number of amides is 1. The highest BCUT2D eigenvalue weighted by atomic mass is 35.5. The molecule has 4 aromatic carbocycles. The molecule has 6 heterocycles. The summed E-state index contributed by atoms with van der Waals surface area (Å²) in [7, 11) is 2.67. The number of alkyl halides is 1. The molecule has 1 amide bonds. The second-order valence-corrected chi connectivity index (χ2v) is 13.8. The van der Waals surface area contributed by atoms with Gasteiger partial charge < -0.3 is 43.3 Å². The van der Waals surface area contributed by atoms with Crippen molar-refractivity contribution in [2.24, 2.45) is 0 Å². The lowest BCUT2D eigenvalue weighted by molar-refractivity contribution is -0.154. The van der Waals surface area contributed by atoms with Gasteiger partial charge in [0, 0.05) is 46.0 Å². The van der Waals surface area contributed by atoms with Gasteiger partial charge in [0.1, 0.15) is 23.4 Å². The third kappa shape index (κ3) is 6.03. The highest BCUT2D eigenvalue weighted by molar-refractivity contribution is 6.27. The number of carbonyl (C=O) groups is 3. The second-order valence-electron chi connectivity index (χ2n) is 13.6. The van der Waals surface area contributed by atoms with E-state index in [1.165, 1.54) is 19.1 Å². The number of nitrogens with zero attached hydrogens (tertiary/aromatic N) is 1. The minimum Gasteiger partial charge on any atom is -0.468 e. The maximum atomic E-state index is 13.0. The lowest BCUT2D eigenvalue weighted by atomic mass is 9.87. The predicted octanol–water partition coefficient (Wildman–Crippen LogP) is 5.82. The van der Waals surface area contributed by atoms with Crippen molar-refractivity contribution in [2.45, 2.75) is 37.0 Å². The Hall–Kier alpha value is -6.18. The zero-order valence-electron chi connectivity index (χ0n) is 34.0. The van der Waals surface area contributed by atoms with E-state index in [1.807, 2.05) is 54.6 Å². The van der Waals surface area contributed by atoms with E-state index < -0.39 is 43.5 Å². The molecule has 0 spiro atoms. The van der Waals surface area contributed by atoms with Crippen molar-refractivity contribution >= 4 is 51.3 Å². The number of halogens is 1. The van der Waals surface area contributed by atoms with E-state index in [4.69, 9.17) is 45.5 Å². The van der Waals surface area contributed by atoms with Gasteiger partial charge in [-0.3, -0.25) is 14.9 Å². The molecule has 0 bridgehead atoms. The summed E-state index contributed by atoms with van der Waals surface area (Å²) in [6.07, 6.45) is 0.799. The Bertz CT molecular complexity index is 2700. The molecule has 56 heavy (non-hydrogen) atoms. The van der Waals surface area contributed by atoms with Crippen LogP contribution in [0.4, 0.5) is 0 Å². The van der Waals surface area contributed by atoms with Crippen LogP contribution in [0, 0.1) is 0 Å². The average molecular weight is 781 g/mol. The monoisotopic (exact) mass is 780 g/mol. The Morgan fingerprint density at radius 3 is 1.91 bits per heavy atom. The standard InChI is InChI=1S/C22H19ClN2O5.C20H18N2O4/c1-28-22(27)16-9-14-13-4-2-3-5-15(13)24-20(14)21(25(16)19(26)10-23)12-6-7-17-18(8-12)30-11-29-17;1-24-20(23)15-9-13-12-4-2-3-5-14(12)21-19(13)18(22-15)11-6-7-16-17(8-11)26-10-25-16/h2-8,16,21,24H,9-11H2,1H3;2-8,15,18,21-22H,9-10H2,1H3/t16-,21-;15-,18?/m11/s1/i11D2;10D2. The Morgan fingerprint density at radius 1 is 0.732 bits per heavy atom. The van der Waals surface area contributed by atoms with Crippen LogP contribution in [0.5, 0.6) is 23.0 Å². The summed E-state index contributed by atoms with van der Waals surface area (Å²) < 4.78 is 61.5. The molecule has 2 aromatic heterocycles. The minimum atomic E-state index is -2.28. The highest BCUT2D eigenvalue weighted by Crippen LogP contribution is 2.44. The molecule has 0 saturated heterocycles. The van der Waals surface area contributed by atoms with E-state index >= 15 is 0 Å². The number of nitrogens with one attached hydrogen (secondary N) is 3. The highest BCUT2D eigenvalue weighted by Gasteiger charge is 2.44. The largest absolute Gasteiger partial charge is 0.468 e. The summed E-state index contributed by atoms with van der Waals surface area (Å²) in [6.45, 7) is -4.46. The smallest absolute Gasteiger partial charge is 0.328 e. The number of carbonyl (C=O) groups excluding carboxylic acids is 3. The lowest BCUT2D eigenvalue weighted by Gasteiger charge is -2.40. The molecule has 13 nitrogen and oxygen atoms in total. The van der Waals surface area contributed by atoms with Crippen LogP contribution in [0.1, 0.15) is 51.2 Å². The van der Waals surface area contributed by atoms with E-state index in [-0.39, 0.29) is 35.8 Å². The van der Waals surface area contributed by atoms with Crippen molar-refractivity contribution in [3.05, 3.63) is 119 Å². The molecule has 0 aliphatic carbocycles. The van der Waals surface area contributed by atoms with Gasteiger partial charge in [-0.1, -0.05) is 48.5 Å². The van der Waals surface area contributed by atoms with Crippen molar-refractivity contribution in [3.8, 4) is 23.0 Å². The van der Waals surface area contributed by atoms with Crippen molar-refractivity contribution in [3.63, 3.8) is 0 Å². The van der Waals surface area contributed by atoms with Crippen LogP contribution < -0.4 is 24.3 Å². The zero-order valence-corrected chi connectivity index (χ0v) is 30.8. The maximum Gasteiger partial charge on any atom is 0.328 e. The molecular weight excluding hydrogens is 740 g/mol. The molecule has 4 aliphatic rings. The van der Waals surface area contributed by atoms with Gasteiger partial charge in [0.05, 0.1) is 26.3 Å². The first-order valence-electron chi connectivity index (χ1n) is 19.8. The van der Waals surface area contributed by atoms with Crippen molar-refractivity contribution in [1.82, 2.24) is 20.2 Å². The summed E-state index contributed by atoms with van der Waals surface area (Å²) in [5, 5.41) is 5.39. The number of H-pyrrole nitrogens is 2. The number of fused-ring (bicyclic) bond motifs is 8. The fourth-order valence-electron chi connectivity index (χ4n) is 8.07. The molecular formula is C42H37ClN4O9. The molecule has 10 rings (SSSR count). The summed E-state index contributed by atoms with van der Waals surface area (Å²) in [4.78, 5) is 46.3. The fraction of sp³-hybridized carbons (Fsp3) is 0.262. The van der Waals surface area contributed by atoms with Gasteiger partial charge in [0.15, 0.2) is 23.0 Å². The zero-order chi connectivity index (χ0) is 42.1. The normalized spacial score (nSPS) is 23.0. The first-order valence-corrected chi connectivity index (χ1v) is 18.3. The van der Waals surface area contributed by atoms with E-state index in [2.05, 4.69) is 15.3 Å². The van der Waals surface area contributed by atoms with E-state index in [9.17, 15) is 14.4 Å². The Balaban J connectivity index is 0.000000155. The van der Waals surface area contributed by atoms with Crippen molar-refractivity contribution in [2.75, 3.05) is 33.6 Å². The minimum absolute atomic E-state index is 0.212. The van der Waals surface area contributed by atoms with Crippen LogP contribution in [0.25, 0.3) is 21.8 Å². The van der Waals surface area contributed by atoms with Crippen LogP contribution >= 0.6 is 11.6 Å². The molecule has 6 aromatic rings. The van der Waals surface area contributed by atoms with Gasteiger partial charge in [0.2, 0.25) is 19.4 Å². The maximum absolute atomic E-state index is 13.0. The third-order valence-corrected chi connectivity index (χ3v) is 10.8. The first-order chi connectivity index (χ1) is 28.8. The van der Waals surface area contributed by atoms with Crippen LogP contribution in [-0.2, 0) is 36.7 Å². The summed E-state index contributed by atoms with van der Waals surface area (Å²) in [6, 6.07) is 23.5. The summed E-state index contributed by atoms with van der Waals surface area (Å²) in [5.74, 6) is -0.445. The van der Waals surface area contributed by atoms with Gasteiger partial charge in [-0.25, -0.2) is 4.79 Å². The van der Waals surface area contributed by atoms with E-state index in [0.29, 0.717) is 23.5 Å². The van der Waals surface area contributed by atoms with Crippen molar-refractivity contribution < 1.29 is 48.3 Å². The molecule has 286 valence electrons. The van der Waals surface area contributed by atoms with Gasteiger partial charge in [-0.15, -0.1) is 11.6 Å². The number of aromatic amines is 2. The van der Waals surface area contributed by atoms with Crippen molar-refractivity contribution in [1.29, 1.82) is 0 Å². The number of hydrogen-bond donors (Lipinski definition) is 3. The summed E-state index contributed by atoms with van der Waals surface area (Å²) in [5.41, 5.74) is 7.04. The fourth-order valence-corrected chi connectivity index (χ4v) is 8.21. The predicted molar refractivity (Wildman–Crippen MR) is 205 cm³/mol.